The van der Waals surface area contributed by atoms with Gasteiger partial charge < -0.3 is 15.5 Å². The number of benzene rings is 1. The van der Waals surface area contributed by atoms with Crippen molar-refractivity contribution < 1.29 is 4.79 Å². The van der Waals surface area contributed by atoms with Gasteiger partial charge >= 0.3 is 0 Å². The number of likely N-dealkylation sites (N-methyl/N-ethyl adjacent to an activating group) is 1. The number of rotatable bonds is 3. The molecule has 112 valence electrons. The number of hydrogen-bond donors (Lipinski definition) is 1. The minimum Gasteiger partial charge on any atom is -0.339 e. The number of carbonyl (C=O) groups is 1. The molecule has 2 atom stereocenters. The lowest BCUT2D eigenvalue weighted by Gasteiger charge is -2.23. The van der Waals surface area contributed by atoms with E-state index in [4.69, 9.17) is 5.73 Å². The molecule has 0 saturated carbocycles. The molecule has 0 spiro atoms. The van der Waals surface area contributed by atoms with Crippen LogP contribution in [0.1, 0.15) is 23.6 Å². The van der Waals surface area contributed by atoms with Crippen LogP contribution >= 0.6 is 12.4 Å². The van der Waals surface area contributed by atoms with Gasteiger partial charge in [0.2, 0.25) is 5.91 Å². The van der Waals surface area contributed by atoms with Gasteiger partial charge in [-0.25, -0.2) is 0 Å². The smallest absolute Gasteiger partial charge is 0.244 e. The first-order valence-corrected chi connectivity index (χ1v) is 6.76. The maximum absolute atomic E-state index is 12.4. The third kappa shape index (κ3) is 3.72. The highest BCUT2D eigenvalue weighted by Gasteiger charge is 2.30. The molecule has 1 aliphatic heterocycles. The van der Waals surface area contributed by atoms with Crippen LogP contribution in [0.4, 0.5) is 0 Å². The number of likely N-dealkylation sites (tertiary alicyclic amines) is 1. The summed E-state index contributed by atoms with van der Waals surface area (Å²) in [6.07, 6.45) is 1.03. The number of carbonyl (C=O) groups excluding carboxylic acids is 1. The molecule has 2 rings (SSSR count). The van der Waals surface area contributed by atoms with Crippen molar-refractivity contribution in [3.63, 3.8) is 0 Å². The molecule has 0 radical (unpaired) electrons. The molecule has 1 aromatic carbocycles. The maximum Gasteiger partial charge on any atom is 0.244 e. The van der Waals surface area contributed by atoms with Gasteiger partial charge in [-0.3, -0.25) is 4.79 Å². The van der Waals surface area contributed by atoms with Crippen molar-refractivity contribution in [3.05, 3.63) is 35.4 Å². The minimum absolute atomic E-state index is 0. The van der Waals surface area contributed by atoms with Crippen LogP contribution in [0.2, 0.25) is 0 Å². The van der Waals surface area contributed by atoms with Crippen LogP contribution in [-0.2, 0) is 4.79 Å². The van der Waals surface area contributed by atoms with Gasteiger partial charge in [-0.05, 0) is 33.0 Å². The highest BCUT2D eigenvalue weighted by Crippen LogP contribution is 2.19. The van der Waals surface area contributed by atoms with Gasteiger partial charge in [0.25, 0.3) is 0 Å². The summed E-state index contributed by atoms with van der Waals surface area (Å²) in [5.74, 6) is 0.0354. The Bertz CT molecular complexity index is 447. The molecule has 1 aromatic rings. The third-order valence-electron chi connectivity index (χ3n) is 3.91. The van der Waals surface area contributed by atoms with Crippen molar-refractivity contribution in [1.29, 1.82) is 0 Å². The normalized spacial score (nSPS) is 19.9. The summed E-state index contributed by atoms with van der Waals surface area (Å²) in [6, 6.07) is 7.79. The molecule has 1 heterocycles. The average Bonchev–Trinajstić information content (AvgIpc) is 2.87. The SMILES string of the molecule is Cc1ccc(C(N)C(=O)N2CCC(N(C)C)C2)cc1.Cl. The summed E-state index contributed by atoms with van der Waals surface area (Å²) in [5.41, 5.74) is 8.16. The summed E-state index contributed by atoms with van der Waals surface area (Å²) in [6.45, 7) is 3.62. The van der Waals surface area contributed by atoms with Gasteiger partial charge in [-0.1, -0.05) is 29.8 Å². The van der Waals surface area contributed by atoms with Crippen molar-refractivity contribution in [2.24, 2.45) is 5.73 Å². The summed E-state index contributed by atoms with van der Waals surface area (Å²) in [4.78, 5) is 16.4. The van der Waals surface area contributed by atoms with E-state index in [1.165, 1.54) is 5.56 Å². The molecule has 5 heteroatoms. The van der Waals surface area contributed by atoms with E-state index in [2.05, 4.69) is 19.0 Å². The monoisotopic (exact) mass is 297 g/mol. The van der Waals surface area contributed by atoms with Gasteiger partial charge in [0, 0.05) is 19.1 Å². The van der Waals surface area contributed by atoms with Crippen molar-refractivity contribution in [2.45, 2.75) is 25.4 Å². The Labute approximate surface area is 127 Å². The van der Waals surface area contributed by atoms with E-state index >= 15 is 0 Å². The molecule has 4 nitrogen and oxygen atoms in total. The first-order chi connectivity index (χ1) is 8.99. The van der Waals surface area contributed by atoms with Crippen LogP contribution in [0, 0.1) is 6.92 Å². The zero-order chi connectivity index (χ0) is 14.0. The predicted molar refractivity (Wildman–Crippen MR) is 84.0 cm³/mol. The van der Waals surface area contributed by atoms with E-state index in [1.807, 2.05) is 36.1 Å². The molecule has 0 bridgehead atoms. The van der Waals surface area contributed by atoms with E-state index in [0.29, 0.717) is 6.04 Å². The second kappa shape index (κ2) is 7.07. The quantitative estimate of drug-likeness (QED) is 0.921. The first-order valence-electron chi connectivity index (χ1n) is 6.76. The molecular weight excluding hydrogens is 274 g/mol. The number of nitrogens with zero attached hydrogens (tertiary/aromatic N) is 2. The lowest BCUT2D eigenvalue weighted by Crippen LogP contribution is -2.39. The Balaban J connectivity index is 0.00000200. The molecular formula is C15H24ClN3O. The second-order valence-corrected chi connectivity index (χ2v) is 5.58. The Morgan fingerprint density at radius 2 is 1.95 bits per heavy atom. The van der Waals surface area contributed by atoms with Crippen molar-refractivity contribution in [2.75, 3.05) is 27.2 Å². The molecule has 1 saturated heterocycles. The molecule has 20 heavy (non-hydrogen) atoms. The zero-order valence-corrected chi connectivity index (χ0v) is 13.2. The van der Waals surface area contributed by atoms with Crippen LogP contribution in [-0.4, -0.2) is 48.9 Å². The summed E-state index contributed by atoms with van der Waals surface area (Å²) < 4.78 is 0. The number of nitrogens with two attached hydrogens (primary N) is 1. The molecule has 1 aliphatic rings. The fourth-order valence-electron chi connectivity index (χ4n) is 2.48. The highest BCUT2D eigenvalue weighted by atomic mass is 35.5. The van der Waals surface area contributed by atoms with Crippen LogP contribution < -0.4 is 5.73 Å². The number of aryl methyl sites for hydroxylation is 1. The molecule has 1 amide bonds. The molecule has 2 unspecified atom stereocenters. The first kappa shape index (κ1) is 17.0. The summed E-state index contributed by atoms with van der Waals surface area (Å²) >= 11 is 0. The van der Waals surface area contributed by atoms with Crippen LogP contribution in [0.25, 0.3) is 0 Å². The number of halogens is 1. The van der Waals surface area contributed by atoms with Gasteiger partial charge in [-0.2, -0.15) is 0 Å². The highest BCUT2D eigenvalue weighted by molar-refractivity contribution is 5.85. The number of hydrogen-bond acceptors (Lipinski definition) is 3. The standard InChI is InChI=1S/C15H23N3O.ClH/c1-11-4-6-12(7-5-11)14(16)15(19)18-9-8-13(10-18)17(2)3;/h4-7,13-14H,8-10,16H2,1-3H3;1H. The predicted octanol–water partition coefficient (Wildman–Crippen LogP) is 1.58. The Morgan fingerprint density at radius 1 is 1.35 bits per heavy atom. The van der Waals surface area contributed by atoms with Gasteiger partial charge in [0.1, 0.15) is 6.04 Å². The zero-order valence-electron chi connectivity index (χ0n) is 12.4. The van der Waals surface area contributed by atoms with E-state index in [0.717, 1.165) is 25.1 Å². The van der Waals surface area contributed by atoms with Crippen LogP contribution in [0.3, 0.4) is 0 Å². The number of amides is 1. The van der Waals surface area contributed by atoms with E-state index < -0.39 is 6.04 Å². The largest absolute Gasteiger partial charge is 0.339 e. The van der Waals surface area contributed by atoms with Gasteiger partial charge in [0.15, 0.2) is 0 Å². The summed E-state index contributed by atoms with van der Waals surface area (Å²) in [5, 5.41) is 0. The average molecular weight is 298 g/mol. The van der Waals surface area contributed by atoms with Crippen LogP contribution in [0.15, 0.2) is 24.3 Å². The fraction of sp³-hybridized carbons (Fsp3) is 0.533. The van der Waals surface area contributed by atoms with E-state index in [-0.39, 0.29) is 18.3 Å². The summed E-state index contributed by atoms with van der Waals surface area (Å²) in [7, 11) is 4.11. The van der Waals surface area contributed by atoms with Crippen molar-refractivity contribution in [1.82, 2.24) is 9.80 Å². The minimum atomic E-state index is -0.540. The molecule has 0 aromatic heterocycles. The van der Waals surface area contributed by atoms with Gasteiger partial charge in [-0.15, -0.1) is 12.4 Å². The fourth-order valence-corrected chi connectivity index (χ4v) is 2.48. The Hall–Kier alpha value is -1.10. The molecule has 0 aliphatic carbocycles. The molecule has 2 N–H and O–H groups in total. The molecule has 1 fully saturated rings. The van der Waals surface area contributed by atoms with Crippen molar-refractivity contribution >= 4 is 18.3 Å². The topological polar surface area (TPSA) is 49.6 Å². The van der Waals surface area contributed by atoms with Crippen LogP contribution in [0.5, 0.6) is 0 Å². The lowest BCUT2D eigenvalue weighted by molar-refractivity contribution is -0.131. The Kier molecular flexibility index (Phi) is 5.99. The third-order valence-corrected chi connectivity index (χ3v) is 3.91. The Morgan fingerprint density at radius 3 is 2.45 bits per heavy atom. The second-order valence-electron chi connectivity index (χ2n) is 5.58. The maximum atomic E-state index is 12.4. The van der Waals surface area contributed by atoms with E-state index in [1.54, 1.807) is 0 Å². The van der Waals surface area contributed by atoms with E-state index in [9.17, 15) is 4.79 Å². The van der Waals surface area contributed by atoms with Crippen molar-refractivity contribution in [3.8, 4) is 0 Å². The van der Waals surface area contributed by atoms with Gasteiger partial charge in [0.05, 0.1) is 0 Å². The lowest BCUT2D eigenvalue weighted by atomic mass is 10.0.